The van der Waals surface area contributed by atoms with Crippen LogP contribution in [0.5, 0.6) is 0 Å². The first-order chi connectivity index (χ1) is 22.3. The fourth-order valence-corrected chi connectivity index (χ4v) is 7.87. The van der Waals surface area contributed by atoms with Gasteiger partial charge in [0.15, 0.2) is 0 Å². The number of furan rings is 1. The Balaban J connectivity index is 1.32. The first kappa shape index (κ1) is 25.8. The highest BCUT2D eigenvalue weighted by atomic mass is 32.1. The zero-order valence-corrected chi connectivity index (χ0v) is 25.2. The van der Waals surface area contributed by atoms with Gasteiger partial charge in [0.2, 0.25) is 0 Å². The summed E-state index contributed by atoms with van der Waals surface area (Å²) in [4.78, 5) is 2.40. The van der Waals surface area contributed by atoms with Crippen LogP contribution in [0.2, 0.25) is 0 Å². The Morgan fingerprint density at radius 1 is 0.422 bits per heavy atom. The second-order valence-electron chi connectivity index (χ2n) is 11.3. The van der Waals surface area contributed by atoms with Gasteiger partial charge in [0, 0.05) is 42.4 Å². The molecule has 7 aromatic carbocycles. The van der Waals surface area contributed by atoms with E-state index < -0.39 is 0 Å². The van der Waals surface area contributed by atoms with Crippen LogP contribution in [0.25, 0.3) is 64.4 Å². The number of anilines is 3. The van der Waals surface area contributed by atoms with Crippen LogP contribution in [0.15, 0.2) is 168 Å². The molecule has 0 unspecified atom stereocenters. The van der Waals surface area contributed by atoms with Gasteiger partial charge in [-0.05, 0) is 53.6 Å². The van der Waals surface area contributed by atoms with Gasteiger partial charge in [0.25, 0.3) is 0 Å². The van der Waals surface area contributed by atoms with E-state index in [1.54, 1.807) is 0 Å². The van der Waals surface area contributed by atoms with Gasteiger partial charge in [-0.1, -0.05) is 121 Å². The van der Waals surface area contributed by atoms with Crippen LogP contribution in [-0.4, -0.2) is 0 Å². The summed E-state index contributed by atoms with van der Waals surface area (Å²) in [5.41, 5.74) is 9.87. The molecule has 212 valence electrons. The second-order valence-corrected chi connectivity index (χ2v) is 12.3. The van der Waals surface area contributed by atoms with E-state index in [1.165, 1.54) is 42.4 Å². The van der Waals surface area contributed by atoms with E-state index in [0.717, 1.165) is 39.0 Å². The smallest absolute Gasteiger partial charge is 0.137 e. The highest BCUT2D eigenvalue weighted by molar-refractivity contribution is 7.26. The molecule has 45 heavy (non-hydrogen) atoms. The molecule has 0 saturated heterocycles. The minimum atomic E-state index is 0.878. The van der Waals surface area contributed by atoms with Crippen molar-refractivity contribution in [3.8, 4) is 22.3 Å². The summed E-state index contributed by atoms with van der Waals surface area (Å²) in [5.74, 6) is 0. The van der Waals surface area contributed by atoms with Crippen molar-refractivity contribution in [1.29, 1.82) is 0 Å². The van der Waals surface area contributed by atoms with Crippen molar-refractivity contribution in [3.63, 3.8) is 0 Å². The quantitative estimate of drug-likeness (QED) is 0.197. The zero-order chi connectivity index (χ0) is 29.7. The Morgan fingerprint density at radius 3 is 1.93 bits per heavy atom. The molecule has 0 bridgehead atoms. The average molecular weight is 594 g/mol. The fraction of sp³-hybridized carbons (Fsp3) is 0. The molecule has 3 heteroatoms. The number of hydrogen-bond donors (Lipinski definition) is 0. The topological polar surface area (TPSA) is 16.4 Å². The van der Waals surface area contributed by atoms with Gasteiger partial charge in [0.05, 0.1) is 16.8 Å². The van der Waals surface area contributed by atoms with Crippen molar-refractivity contribution in [3.05, 3.63) is 164 Å². The van der Waals surface area contributed by atoms with E-state index in [0.29, 0.717) is 0 Å². The Bertz CT molecular complexity index is 2490. The second kappa shape index (κ2) is 10.5. The van der Waals surface area contributed by atoms with Crippen LogP contribution in [-0.2, 0) is 0 Å². The van der Waals surface area contributed by atoms with Crippen LogP contribution in [0, 0.1) is 0 Å². The Kier molecular flexibility index (Phi) is 6.03. The maximum Gasteiger partial charge on any atom is 0.137 e. The summed E-state index contributed by atoms with van der Waals surface area (Å²) in [6, 6.07) is 58.4. The lowest BCUT2D eigenvalue weighted by Gasteiger charge is -2.29. The standard InChI is InChI=1S/C42H27NOS/c1-2-12-28(13-3-1)29-24-26-30(27-25-29)43(37-20-11-22-39-41(37)35-16-5-8-21-38(35)44-39)36-19-7-4-14-31(36)33-17-10-18-34-32-15-6-9-23-40(32)45-42(33)34/h1-27H. The van der Waals surface area contributed by atoms with Crippen molar-refractivity contribution in [1.82, 2.24) is 0 Å². The molecule has 0 atom stereocenters. The van der Waals surface area contributed by atoms with Crippen molar-refractivity contribution >= 4 is 70.5 Å². The number of para-hydroxylation sites is 2. The molecule has 0 radical (unpaired) electrons. The van der Waals surface area contributed by atoms with Gasteiger partial charge < -0.3 is 9.32 Å². The number of hydrogen-bond acceptors (Lipinski definition) is 3. The van der Waals surface area contributed by atoms with Gasteiger partial charge >= 0.3 is 0 Å². The summed E-state index contributed by atoms with van der Waals surface area (Å²) in [7, 11) is 0. The summed E-state index contributed by atoms with van der Waals surface area (Å²) < 4.78 is 8.98. The largest absolute Gasteiger partial charge is 0.456 e. The van der Waals surface area contributed by atoms with Crippen molar-refractivity contribution in [2.75, 3.05) is 4.90 Å². The average Bonchev–Trinajstić information content (AvgIpc) is 3.68. The normalized spacial score (nSPS) is 11.6. The van der Waals surface area contributed by atoms with Crippen molar-refractivity contribution < 1.29 is 4.42 Å². The van der Waals surface area contributed by atoms with Crippen LogP contribution >= 0.6 is 11.3 Å². The highest BCUT2D eigenvalue weighted by Gasteiger charge is 2.23. The maximum atomic E-state index is 6.37. The van der Waals surface area contributed by atoms with Crippen molar-refractivity contribution in [2.24, 2.45) is 0 Å². The molecule has 9 aromatic rings. The van der Waals surface area contributed by atoms with E-state index in [2.05, 4.69) is 157 Å². The number of rotatable bonds is 5. The monoisotopic (exact) mass is 593 g/mol. The van der Waals surface area contributed by atoms with Gasteiger partial charge in [-0.25, -0.2) is 0 Å². The number of benzene rings is 7. The summed E-state index contributed by atoms with van der Waals surface area (Å²) >= 11 is 1.87. The summed E-state index contributed by atoms with van der Waals surface area (Å²) in [5, 5.41) is 4.82. The molecule has 0 N–H and O–H groups in total. The Morgan fingerprint density at radius 2 is 1.04 bits per heavy atom. The predicted octanol–water partition coefficient (Wildman–Crippen LogP) is 12.8. The molecule has 2 aromatic heterocycles. The molecular weight excluding hydrogens is 567 g/mol. The lowest BCUT2D eigenvalue weighted by atomic mass is 9.98. The molecule has 0 saturated carbocycles. The molecule has 0 aliphatic rings. The molecule has 0 fully saturated rings. The first-order valence-corrected chi connectivity index (χ1v) is 16.0. The first-order valence-electron chi connectivity index (χ1n) is 15.2. The van der Waals surface area contributed by atoms with Gasteiger partial charge in [-0.2, -0.15) is 0 Å². The SMILES string of the molecule is c1ccc(-c2ccc(N(c3ccccc3-c3cccc4c3sc3ccccc34)c3cccc4oc5ccccc5c34)cc2)cc1. The molecular formula is C42H27NOS. The molecule has 9 rings (SSSR count). The molecule has 0 spiro atoms. The van der Waals surface area contributed by atoms with Crippen LogP contribution in [0.3, 0.4) is 0 Å². The van der Waals surface area contributed by atoms with E-state index in [9.17, 15) is 0 Å². The lowest BCUT2D eigenvalue weighted by molar-refractivity contribution is 0.669. The molecule has 2 nitrogen and oxygen atoms in total. The summed E-state index contributed by atoms with van der Waals surface area (Å²) in [6.07, 6.45) is 0. The van der Waals surface area contributed by atoms with Crippen molar-refractivity contribution in [2.45, 2.75) is 0 Å². The van der Waals surface area contributed by atoms with E-state index in [4.69, 9.17) is 4.42 Å². The fourth-order valence-electron chi connectivity index (χ4n) is 6.64. The van der Waals surface area contributed by atoms with E-state index in [1.807, 2.05) is 23.5 Å². The van der Waals surface area contributed by atoms with Gasteiger partial charge in [0.1, 0.15) is 11.2 Å². The molecule has 0 aliphatic carbocycles. The third-order valence-corrected chi connectivity index (χ3v) is 9.91. The zero-order valence-electron chi connectivity index (χ0n) is 24.4. The minimum Gasteiger partial charge on any atom is -0.456 e. The number of fused-ring (bicyclic) bond motifs is 6. The molecule has 0 aliphatic heterocycles. The third kappa shape index (κ3) is 4.24. The van der Waals surface area contributed by atoms with Gasteiger partial charge in [-0.3, -0.25) is 0 Å². The van der Waals surface area contributed by atoms with E-state index >= 15 is 0 Å². The predicted molar refractivity (Wildman–Crippen MR) is 192 cm³/mol. The number of nitrogens with zero attached hydrogens (tertiary/aromatic N) is 1. The molecule has 0 amide bonds. The van der Waals surface area contributed by atoms with Crippen LogP contribution in [0.4, 0.5) is 17.1 Å². The third-order valence-electron chi connectivity index (χ3n) is 8.69. The number of thiophene rings is 1. The highest BCUT2D eigenvalue weighted by Crippen LogP contribution is 2.48. The maximum absolute atomic E-state index is 6.37. The van der Waals surface area contributed by atoms with Gasteiger partial charge in [-0.15, -0.1) is 11.3 Å². The summed E-state index contributed by atoms with van der Waals surface area (Å²) in [6.45, 7) is 0. The van der Waals surface area contributed by atoms with Crippen LogP contribution in [0.1, 0.15) is 0 Å². The van der Waals surface area contributed by atoms with E-state index in [-0.39, 0.29) is 0 Å². The Hall–Kier alpha value is -5.64. The van der Waals surface area contributed by atoms with Crippen LogP contribution < -0.4 is 4.90 Å². The molecule has 2 heterocycles. The Labute approximate surface area is 265 Å². The lowest BCUT2D eigenvalue weighted by Crippen LogP contribution is -2.11. The minimum absolute atomic E-state index is 0.878.